The quantitative estimate of drug-likeness (QED) is 0.716. The van der Waals surface area contributed by atoms with Crippen molar-refractivity contribution in [1.82, 2.24) is 5.32 Å². The summed E-state index contributed by atoms with van der Waals surface area (Å²) in [4.78, 5) is 10.7. The van der Waals surface area contributed by atoms with E-state index in [4.69, 9.17) is 5.11 Å². The number of hydrogen-bond acceptors (Lipinski definition) is 2. The van der Waals surface area contributed by atoms with Crippen LogP contribution in [0.4, 0.5) is 4.39 Å². The van der Waals surface area contributed by atoms with Crippen LogP contribution in [0.2, 0.25) is 0 Å². The van der Waals surface area contributed by atoms with E-state index in [-0.39, 0.29) is 11.7 Å². The third kappa shape index (κ3) is 4.95. The van der Waals surface area contributed by atoms with Crippen LogP contribution in [0.5, 0.6) is 0 Å². The second kappa shape index (κ2) is 7.01. The Kier molecular flexibility index (Phi) is 5.63. The number of hydrogen-bond donors (Lipinski definition) is 2. The van der Waals surface area contributed by atoms with Crippen LogP contribution in [0, 0.1) is 11.7 Å². The molecule has 0 saturated heterocycles. The van der Waals surface area contributed by atoms with Crippen LogP contribution in [0.15, 0.2) is 24.3 Å². The molecular weight excluding hydrogens is 221 g/mol. The largest absolute Gasteiger partial charge is 0.481 e. The van der Waals surface area contributed by atoms with Gasteiger partial charge in [-0.05, 0) is 37.1 Å². The lowest BCUT2D eigenvalue weighted by Crippen LogP contribution is -2.29. The summed E-state index contributed by atoms with van der Waals surface area (Å²) in [5, 5.41) is 11.9. The van der Waals surface area contributed by atoms with Crippen LogP contribution >= 0.6 is 0 Å². The van der Waals surface area contributed by atoms with Crippen molar-refractivity contribution < 1.29 is 14.3 Å². The van der Waals surface area contributed by atoms with Gasteiger partial charge in [0, 0.05) is 6.54 Å². The van der Waals surface area contributed by atoms with E-state index in [1.54, 1.807) is 6.07 Å². The van der Waals surface area contributed by atoms with Crippen molar-refractivity contribution in [2.45, 2.75) is 19.8 Å². The molecule has 1 unspecified atom stereocenters. The van der Waals surface area contributed by atoms with Gasteiger partial charge in [-0.1, -0.05) is 19.1 Å². The number of halogens is 1. The Morgan fingerprint density at radius 1 is 1.53 bits per heavy atom. The lowest BCUT2D eigenvalue weighted by atomic mass is 10.1. The molecule has 0 aliphatic heterocycles. The van der Waals surface area contributed by atoms with Crippen molar-refractivity contribution in [3.8, 4) is 0 Å². The molecule has 0 amide bonds. The average molecular weight is 239 g/mol. The van der Waals surface area contributed by atoms with Gasteiger partial charge in [0.05, 0.1) is 5.92 Å². The maximum atomic E-state index is 12.9. The molecule has 0 saturated carbocycles. The molecule has 17 heavy (non-hydrogen) atoms. The Morgan fingerprint density at radius 3 is 2.88 bits per heavy atom. The minimum absolute atomic E-state index is 0.237. The molecular formula is C13H18FNO2. The highest BCUT2D eigenvalue weighted by Gasteiger charge is 2.13. The van der Waals surface area contributed by atoms with Gasteiger partial charge in [0.1, 0.15) is 5.82 Å². The molecule has 0 aliphatic carbocycles. The molecule has 0 heterocycles. The van der Waals surface area contributed by atoms with Gasteiger partial charge in [-0.2, -0.15) is 0 Å². The Morgan fingerprint density at radius 2 is 2.29 bits per heavy atom. The maximum Gasteiger partial charge on any atom is 0.307 e. The number of benzene rings is 1. The van der Waals surface area contributed by atoms with Gasteiger partial charge >= 0.3 is 5.97 Å². The number of nitrogens with one attached hydrogen (secondary N) is 1. The Bertz CT molecular complexity index is 368. The topological polar surface area (TPSA) is 49.3 Å². The van der Waals surface area contributed by atoms with Crippen molar-refractivity contribution in [3.63, 3.8) is 0 Å². The average Bonchev–Trinajstić information content (AvgIpc) is 2.28. The monoisotopic (exact) mass is 239 g/mol. The van der Waals surface area contributed by atoms with Crippen LogP contribution in [0.3, 0.4) is 0 Å². The lowest BCUT2D eigenvalue weighted by molar-refractivity contribution is -0.141. The van der Waals surface area contributed by atoms with E-state index in [2.05, 4.69) is 5.32 Å². The predicted molar refractivity (Wildman–Crippen MR) is 64.4 cm³/mol. The van der Waals surface area contributed by atoms with Crippen LogP contribution in [-0.2, 0) is 11.2 Å². The Labute approximate surface area is 101 Å². The first-order chi connectivity index (χ1) is 8.13. The van der Waals surface area contributed by atoms with Crippen LogP contribution in [0.25, 0.3) is 0 Å². The number of carboxylic acid groups (broad SMARTS) is 1. The number of rotatable bonds is 7. The van der Waals surface area contributed by atoms with E-state index in [0.29, 0.717) is 25.9 Å². The highest BCUT2D eigenvalue weighted by molar-refractivity contribution is 5.70. The second-order valence-electron chi connectivity index (χ2n) is 4.03. The highest BCUT2D eigenvalue weighted by Crippen LogP contribution is 2.04. The highest BCUT2D eigenvalue weighted by atomic mass is 19.1. The summed E-state index contributed by atoms with van der Waals surface area (Å²) in [6, 6.07) is 6.45. The van der Waals surface area contributed by atoms with Gasteiger partial charge in [-0.25, -0.2) is 4.39 Å². The predicted octanol–water partition coefficient (Wildman–Crippen LogP) is 2.07. The molecule has 0 bridgehead atoms. The van der Waals surface area contributed by atoms with Gasteiger partial charge in [-0.15, -0.1) is 0 Å². The molecule has 0 radical (unpaired) electrons. The van der Waals surface area contributed by atoms with Crippen LogP contribution in [-0.4, -0.2) is 24.2 Å². The normalized spacial score (nSPS) is 12.4. The first kappa shape index (κ1) is 13.6. The molecule has 1 rings (SSSR count). The molecule has 0 aliphatic rings. The maximum absolute atomic E-state index is 12.9. The van der Waals surface area contributed by atoms with Crippen molar-refractivity contribution in [2.24, 2.45) is 5.92 Å². The van der Waals surface area contributed by atoms with Gasteiger partial charge in [0.2, 0.25) is 0 Å². The summed E-state index contributed by atoms with van der Waals surface area (Å²) in [7, 11) is 0. The molecule has 0 aromatic heterocycles. The molecule has 1 aromatic carbocycles. The Balaban J connectivity index is 2.26. The third-order valence-corrected chi connectivity index (χ3v) is 2.71. The van der Waals surface area contributed by atoms with Crippen molar-refractivity contribution in [1.29, 1.82) is 0 Å². The minimum Gasteiger partial charge on any atom is -0.481 e. The van der Waals surface area contributed by atoms with Crippen LogP contribution in [0.1, 0.15) is 18.9 Å². The molecule has 2 N–H and O–H groups in total. The molecule has 0 fully saturated rings. The minimum atomic E-state index is -0.772. The molecule has 1 aromatic rings. The van der Waals surface area contributed by atoms with E-state index in [0.717, 1.165) is 5.56 Å². The van der Waals surface area contributed by atoms with E-state index in [9.17, 15) is 9.18 Å². The SMILES string of the molecule is CCC(CNCCc1cccc(F)c1)C(=O)O. The van der Waals surface area contributed by atoms with Crippen molar-refractivity contribution in [3.05, 3.63) is 35.6 Å². The molecule has 3 nitrogen and oxygen atoms in total. The number of carboxylic acids is 1. The Hall–Kier alpha value is -1.42. The molecule has 94 valence electrons. The zero-order valence-corrected chi connectivity index (χ0v) is 9.95. The number of carbonyl (C=O) groups is 1. The standard InChI is InChI=1S/C13H18FNO2/c1-2-11(13(16)17)9-15-7-6-10-4-3-5-12(14)8-10/h3-5,8,11,15H,2,6-7,9H2,1H3,(H,16,17). The third-order valence-electron chi connectivity index (χ3n) is 2.71. The van der Waals surface area contributed by atoms with Gasteiger partial charge < -0.3 is 10.4 Å². The van der Waals surface area contributed by atoms with E-state index in [1.807, 2.05) is 13.0 Å². The van der Waals surface area contributed by atoms with Gasteiger partial charge in [-0.3, -0.25) is 4.79 Å². The fraction of sp³-hybridized carbons (Fsp3) is 0.462. The van der Waals surface area contributed by atoms with Crippen molar-refractivity contribution >= 4 is 5.97 Å². The zero-order chi connectivity index (χ0) is 12.7. The second-order valence-corrected chi connectivity index (χ2v) is 4.03. The van der Waals surface area contributed by atoms with E-state index < -0.39 is 5.97 Å². The van der Waals surface area contributed by atoms with Crippen LogP contribution < -0.4 is 5.32 Å². The van der Waals surface area contributed by atoms with E-state index in [1.165, 1.54) is 12.1 Å². The summed E-state index contributed by atoms with van der Waals surface area (Å²) >= 11 is 0. The smallest absolute Gasteiger partial charge is 0.307 e. The lowest BCUT2D eigenvalue weighted by Gasteiger charge is -2.10. The van der Waals surface area contributed by atoms with Crippen molar-refractivity contribution in [2.75, 3.05) is 13.1 Å². The molecule has 4 heteroatoms. The summed E-state index contributed by atoms with van der Waals surface area (Å²) < 4.78 is 12.9. The van der Waals surface area contributed by atoms with Gasteiger partial charge in [0.25, 0.3) is 0 Å². The van der Waals surface area contributed by atoms with E-state index >= 15 is 0 Å². The summed E-state index contributed by atoms with van der Waals surface area (Å²) in [6.07, 6.45) is 1.32. The summed E-state index contributed by atoms with van der Waals surface area (Å²) in [5.41, 5.74) is 0.917. The molecule has 0 spiro atoms. The number of aliphatic carboxylic acids is 1. The first-order valence-corrected chi connectivity index (χ1v) is 5.81. The summed E-state index contributed by atoms with van der Waals surface area (Å²) in [6.45, 7) is 2.97. The molecule has 1 atom stereocenters. The fourth-order valence-electron chi connectivity index (χ4n) is 1.61. The zero-order valence-electron chi connectivity index (χ0n) is 9.95. The fourth-order valence-corrected chi connectivity index (χ4v) is 1.61. The summed E-state index contributed by atoms with van der Waals surface area (Å²) in [5.74, 6) is -1.35. The van der Waals surface area contributed by atoms with Gasteiger partial charge in [0.15, 0.2) is 0 Å². The first-order valence-electron chi connectivity index (χ1n) is 5.81.